The molecule has 0 aliphatic heterocycles. The molecular formula is C48H30N2S. The monoisotopic (exact) mass is 666 g/mol. The van der Waals surface area contributed by atoms with Gasteiger partial charge in [-0.1, -0.05) is 139 Å². The summed E-state index contributed by atoms with van der Waals surface area (Å²) in [5, 5.41) is 2.56. The average Bonchev–Trinajstić information content (AvgIpc) is 3.37. The van der Waals surface area contributed by atoms with Crippen molar-refractivity contribution in [3.8, 4) is 68.5 Å². The molecule has 0 atom stereocenters. The van der Waals surface area contributed by atoms with E-state index in [4.69, 9.17) is 9.97 Å². The molecule has 9 rings (SSSR count). The summed E-state index contributed by atoms with van der Waals surface area (Å²) in [5.74, 6) is 13.9. The number of fused-ring (bicyclic) bond motifs is 3. The molecule has 2 aliphatic carbocycles. The van der Waals surface area contributed by atoms with Crippen LogP contribution in [0.15, 0.2) is 169 Å². The van der Waals surface area contributed by atoms with E-state index in [1.165, 1.54) is 31.3 Å². The molecule has 5 aromatic carbocycles. The van der Waals surface area contributed by atoms with Crippen molar-refractivity contribution >= 4 is 37.1 Å². The highest BCUT2D eigenvalue weighted by molar-refractivity contribution is 7.25. The summed E-state index contributed by atoms with van der Waals surface area (Å²) in [7, 11) is 0. The summed E-state index contributed by atoms with van der Waals surface area (Å²) < 4.78 is 2.53. The Bertz CT molecular complexity index is 2750. The lowest BCUT2D eigenvalue weighted by atomic mass is 9.97. The largest absolute Gasteiger partial charge is 0.228 e. The van der Waals surface area contributed by atoms with Crippen LogP contribution in [-0.4, -0.2) is 9.97 Å². The van der Waals surface area contributed by atoms with Crippen LogP contribution in [0.4, 0.5) is 0 Å². The summed E-state index contributed by atoms with van der Waals surface area (Å²) >= 11 is 1.82. The van der Waals surface area contributed by atoms with E-state index in [-0.39, 0.29) is 0 Å². The minimum absolute atomic E-state index is 0.543. The van der Waals surface area contributed by atoms with Crippen LogP contribution in [0.5, 0.6) is 0 Å². The number of thiophene rings is 1. The third-order valence-corrected chi connectivity index (χ3v) is 10.4. The van der Waals surface area contributed by atoms with Crippen molar-refractivity contribution in [2.24, 2.45) is 0 Å². The minimum atomic E-state index is 0.543. The van der Waals surface area contributed by atoms with E-state index >= 15 is 0 Å². The fraction of sp³-hybridized carbons (Fsp3) is 0.0417. The molecule has 2 aliphatic rings. The van der Waals surface area contributed by atoms with Crippen molar-refractivity contribution in [2.75, 3.05) is 0 Å². The highest BCUT2D eigenvalue weighted by Gasteiger charge is 2.15. The van der Waals surface area contributed by atoms with Crippen molar-refractivity contribution in [1.29, 1.82) is 0 Å². The average molecular weight is 667 g/mol. The van der Waals surface area contributed by atoms with Gasteiger partial charge in [0.05, 0.1) is 11.4 Å². The number of allylic oxidation sites excluding steroid dienone is 8. The van der Waals surface area contributed by atoms with Crippen LogP contribution in [0.2, 0.25) is 0 Å². The first-order chi connectivity index (χ1) is 25.2. The van der Waals surface area contributed by atoms with Gasteiger partial charge in [0.2, 0.25) is 0 Å². The molecule has 7 aromatic rings. The highest BCUT2D eigenvalue weighted by Crippen LogP contribution is 2.37. The Morgan fingerprint density at radius 1 is 0.490 bits per heavy atom. The van der Waals surface area contributed by atoms with E-state index in [9.17, 15) is 0 Å². The molecule has 3 heteroatoms. The van der Waals surface area contributed by atoms with Crippen molar-refractivity contribution in [3.05, 3.63) is 175 Å². The highest BCUT2D eigenvalue weighted by atomic mass is 32.1. The molecule has 0 saturated carbocycles. The van der Waals surface area contributed by atoms with E-state index in [2.05, 4.69) is 169 Å². The van der Waals surface area contributed by atoms with Crippen LogP contribution in [0, 0.1) is 23.7 Å². The molecule has 0 spiro atoms. The first-order valence-electron chi connectivity index (χ1n) is 17.1. The fourth-order valence-electron chi connectivity index (χ4n) is 6.60. The Balaban J connectivity index is 1.16. The van der Waals surface area contributed by atoms with Gasteiger partial charge in [0, 0.05) is 60.9 Å². The number of aromatic nitrogens is 2. The molecule has 0 saturated heterocycles. The third-order valence-electron chi connectivity index (χ3n) is 9.23. The third kappa shape index (κ3) is 6.24. The van der Waals surface area contributed by atoms with Gasteiger partial charge in [-0.15, -0.1) is 11.3 Å². The second-order valence-corrected chi connectivity index (χ2v) is 13.6. The predicted octanol–water partition coefficient (Wildman–Crippen LogP) is 12.1. The van der Waals surface area contributed by atoms with Crippen molar-refractivity contribution in [1.82, 2.24) is 9.97 Å². The number of rotatable bonds is 6. The molecular weight excluding hydrogens is 637 g/mol. The molecule has 2 heterocycles. The Morgan fingerprint density at radius 3 is 1.98 bits per heavy atom. The first kappa shape index (κ1) is 30.5. The molecule has 0 bridgehead atoms. The van der Waals surface area contributed by atoms with Crippen molar-refractivity contribution in [3.63, 3.8) is 0 Å². The second-order valence-electron chi connectivity index (χ2n) is 12.6. The van der Waals surface area contributed by atoms with Crippen LogP contribution in [0.3, 0.4) is 0 Å². The Kier molecular flexibility index (Phi) is 8.03. The number of nitrogens with zero attached hydrogens (tertiary/aromatic N) is 2. The molecule has 2 nitrogen and oxygen atoms in total. The predicted molar refractivity (Wildman–Crippen MR) is 215 cm³/mol. The van der Waals surface area contributed by atoms with Gasteiger partial charge < -0.3 is 0 Å². The van der Waals surface area contributed by atoms with Crippen LogP contribution in [0.1, 0.15) is 18.7 Å². The van der Waals surface area contributed by atoms with Crippen LogP contribution >= 0.6 is 11.3 Å². The van der Waals surface area contributed by atoms with E-state index in [1.54, 1.807) is 0 Å². The van der Waals surface area contributed by atoms with Crippen molar-refractivity contribution < 1.29 is 0 Å². The van der Waals surface area contributed by atoms with Gasteiger partial charge in [-0.3, -0.25) is 0 Å². The van der Waals surface area contributed by atoms with Gasteiger partial charge in [-0.25, -0.2) is 9.97 Å². The van der Waals surface area contributed by atoms with Gasteiger partial charge in [-0.2, -0.15) is 0 Å². The maximum atomic E-state index is 5.22. The van der Waals surface area contributed by atoms with Gasteiger partial charge in [0.25, 0.3) is 0 Å². The lowest BCUT2D eigenvalue weighted by Crippen LogP contribution is -1.99. The van der Waals surface area contributed by atoms with Gasteiger partial charge in [0.1, 0.15) is 0 Å². The molecule has 0 fully saturated rings. The lowest BCUT2D eigenvalue weighted by molar-refractivity contribution is 1.11. The molecule has 0 amide bonds. The Labute approximate surface area is 301 Å². The summed E-state index contributed by atoms with van der Waals surface area (Å²) in [6.45, 7) is 0. The van der Waals surface area contributed by atoms with Gasteiger partial charge >= 0.3 is 0 Å². The molecule has 0 unspecified atom stereocenters. The van der Waals surface area contributed by atoms with Crippen LogP contribution < -0.4 is 0 Å². The number of hydrogen-bond acceptors (Lipinski definition) is 3. The zero-order chi connectivity index (χ0) is 34.0. The molecule has 2 aromatic heterocycles. The quantitative estimate of drug-likeness (QED) is 0.165. The zero-order valence-corrected chi connectivity index (χ0v) is 28.5. The second kappa shape index (κ2) is 13.4. The Hall–Kier alpha value is -6.52. The zero-order valence-electron chi connectivity index (χ0n) is 27.7. The van der Waals surface area contributed by atoms with Crippen LogP contribution in [-0.2, 0) is 0 Å². The molecule has 0 radical (unpaired) electrons. The number of benzene rings is 5. The molecule has 0 N–H and O–H groups in total. The normalized spacial score (nSPS) is 13.6. The SMILES string of the molecule is C1#CC(C2=CC=C(c3nc(-c4cccc(-c5cccc(-c6ccccc6)c5)c4)cc(-c4ccc5c(c4)sc4ccccc45)n3)CC#C2)=CC=CC1. The van der Waals surface area contributed by atoms with Gasteiger partial charge in [0.15, 0.2) is 5.82 Å². The standard InChI is InChI=1S/C48H30N2S/c1-2-5-14-33(13-4-1)35-17-10-18-36(26-25-35)48-49-44(32-45(50-48)41-27-28-43-42-23-8-9-24-46(42)51-47(43)31-41)40-22-12-21-39(30-40)38-20-11-19-37(29-38)34-15-6-3-7-16-34/h1,3-4,6-9,11-13,15-16,19-32H,2,18H2. The topological polar surface area (TPSA) is 25.8 Å². The fourth-order valence-corrected chi connectivity index (χ4v) is 7.75. The maximum Gasteiger partial charge on any atom is 0.157 e. The van der Waals surface area contributed by atoms with Crippen molar-refractivity contribution in [2.45, 2.75) is 12.8 Å². The summed E-state index contributed by atoms with van der Waals surface area (Å²) in [6.07, 6.45) is 11.6. The Morgan fingerprint density at radius 2 is 1.14 bits per heavy atom. The summed E-state index contributed by atoms with van der Waals surface area (Å²) in [5.41, 5.74) is 11.4. The van der Waals surface area contributed by atoms with E-state index in [0.717, 1.165) is 56.8 Å². The summed E-state index contributed by atoms with van der Waals surface area (Å²) in [6, 6.07) is 45.3. The lowest BCUT2D eigenvalue weighted by Gasteiger charge is -2.12. The summed E-state index contributed by atoms with van der Waals surface area (Å²) in [4.78, 5) is 10.4. The molecule has 238 valence electrons. The smallest absolute Gasteiger partial charge is 0.157 e. The van der Waals surface area contributed by atoms with E-state index < -0.39 is 0 Å². The van der Waals surface area contributed by atoms with Gasteiger partial charge in [-0.05, 0) is 64.7 Å². The number of hydrogen-bond donors (Lipinski definition) is 0. The van der Waals surface area contributed by atoms with E-state index in [0.29, 0.717) is 12.2 Å². The van der Waals surface area contributed by atoms with Crippen LogP contribution in [0.25, 0.3) is 70.5 Å². The molecule has 51 heavy (non-hydrogen) atoms. The first-order valence-corrected chi connectivity index (χ1v) is 17.9. The van der Waals surface area contributed by atoms with E-state index in [1.807, 2.05) is 23.5 Å². The maximum absolute atomic E-state index is 5.22. The minimum Gasteiger partial charge on any atom is -0.228 e.